The Morgan fingerprint density at radius 1 is 0.396 bits per heavy atom. The van der Waals surface area contributed by atoms with Gasteiger partial charge in [-0.25, -0.2) is 29.9 Å². The highest BCUT2D eigenvalue weighted by Crippen LogP contribution is 2.40. The molecule has 0 radical (unpaired) electrons. The number of fused-ring (bicyclic) bond motifs is 20. The maximum Gasteiger partial charge on any atom is 0.165 e. The zero-order valence-corrected chi connectivity index (χ0v) is 27.4. The summed E-state index contributed by atoms with van der Waals surface area (Å²) in [7, 11) is 0. The Kier molecular flexibility index (Phi) is 6.47. The largest absolute Gasteiger partial charge is 0.324 e. The average Bonchev–Trinajstić information content (AvgIpc) is 3.86. The lowest BCUT2D eigenvalue weighted by Gasteiger charge is -2.05. The molecule has 0 atom stereocenters. The van der Waals surface area contributed by atoms with E-state index in [2.05, 4.69) is 110 Å². The molecule has 2 aliphatic heterocycles. The molecule has 48 heavy (non-hydrogen) atoms. The van der Waals surface area contributed by atoms with E-state index in [-0.39, 0.29) is 0 Å². The third-order valence-electron chi connectivity index (χ3n) is 9.81. The summed E-state index contributed by atoms with van der Waals surface area (Å²) >= 11 is 0. The van der Waals surface area contributed by atoms with Crippen LogP contribution in [-0.4, -0.2) is 39.9 Å². The molecule has 5 heterocycles. The topological polar surface area (TPSA) is 109 Å². The first-order valence-corrected chi connectivity index (χ1v) is 16.9. The highest BCUT2D eigenvalue weighted by molar-refractivity contribution is 6.08. The van der Waals surface area contributed by atoms with Gasteiger partial charge in [-0.1, -0.05) is 100 Å². The van der Waals surface area contributed by atoms with Gasteiger partial charge in [0.1, 0.15) is 22.6 Å². The van der Waals surface area contributed by atoms with E-state index in [9.17, 15) is 0 Å². The Bertz CT molecular complexity index is 2630. The van der Waals surface area contributed by atoms with Crippen LogP contribution in [0.25, 0.3) is 89.7 Å². The van der Waals surface area contributed by atoms with Gasteiger partial charge in [-0.2, -0.15) is 0 Å². The van der Waals surface area contributed by atoms with E-state index < -0.39 is 0 Å². The third kappa shape index (κ3) is 4.15. The number of H-pyrrole nitrogens is 2. The van der Waals surface area contributed by atoms with Gasteiger partial charge in [-0.3, -0.25) is 0 Å². The summed E-state index contributed by atoms with van der Waals surface area (Å²) in [6.45, 7) is 8.68. The molecule has 8 heteroatoms. The molecule has 9 rings (SSSR count). The molecule has 8 nitrogen and oxygen atoms in total. The molecule has 2 aliphatic rings. The number of rotatable bonds is 4. The molecule has 8 bridgehead atoms. The first-order valence-electron chi connectivity index (χ1n) is 16.9. The minimum absolute atomic E-state index is 0.630. The van der Waals surface area contributed by atoms with Crippen molar-refractivity contribution >= 4 is 44.1 Å². The fourth-order valence-electron chi connectivity index (χ4n) is 7.45. The molecule has 2 N–H and O–H groups in total. The molecule has 7 aromatic rings. The molecule has 0 amide bonds. The number of aromatic amines is 2. The van der Waals surface area contributed by atoms with Crippen molar-refractivity contribution in [2.45, 2.75) is 53.4 Å². The van der Waals surface area contributed by atoms with E-state index in [0.717, 1.165) is 92.1 Å². The molecule has 0 saturated carbocycles. The minimum atomic E-state index is 0.630. The first-order chi connectivity index (χ1) is 23.6. The lowest BCUT2D eigenvalue weighted by molar-refractivity contribution is 1.13. The van der Waals surface area contributed by atoms with Crippen LogP contribution in [0.4, 0.5) is 0 Å². The molecule has 0 spiro atoms. The van der Waals surface area contributed by atoms with Crippen molar-refractivity contribution in [3.63, 3.8) is 0 Å². The normalized spacial score (nSPS) is 12.1. The maximum absolute atomic E-state index is 5.29. The zero-order chi connectivity index (χ0) is 32.5. The van der Waals surface area contributed by atoms with Crippen molar-refractivity contribution in [1.29, 1.82) is 0 Å². The zero-order valence-electron chi connectivity index (χ0n) is 27.4. The van der Waals surface area contributed by atoms with Gasteiger partial charge >= 0.3 is 0 Å². The average molecular weight is 627 g/mol. The van der Waals surface area contributed by atoms with Gasteiger partial charge < -0.3 is 9.97 Å². The highest BCUT2D eigenvalue weighted by Gasteiger charge is 2.25. The summed E-state index contributed by atoms with van der Waals surface area (Å²) < 4.78 is 0. The molecule has 0 unspecified atom stereocenters. The van der Waals surface area contributed by atoms with Crippen LogP contribution in [0.1, 0.15) is 49.9 Å². The quantitative estimate of drug-likeness (QED) is 0.202. The first kappa shape index (κ1) is 28.5. The van der Waals surface area contributed by atoms with Crippen LogP contribution in [0.5, 0.6) is 0 Å². The number of nitrogens with zero attached hydrogens (tertiary/aromatic N) is 6. The molecular weight excluding hydrogens is 592 g/mol. The molecule has 234 valence electrons. The Hall–Kier alpha value is -5.76. The van der Waals surface area contributed by atoms with Crippen LogP contribution in [0.3, 0.4) is 0 Å². The minimum Gasteiger partial charge on any atom is -0.324 e. The van der Waals surface area contributed by atoms with Crippen LogP contribution in [-0.2, 0) is 25.7 Å². The Morgan fingerprint density at radius 3 is 1.23 bits per heavy atom. The smallest absolute Gasteiger partial charge is 0.165 e. The number of hydrogen-bond acceptors (Lipinski definition) is 6. The van der Waals surface area contributed by atoms with Gasteiger partial charge in [0.25, 0.3) is 0 Å². The van der Waals surface area contributed by atoms with Crippen molar-refractivity contribution in [3.8, 4) is 45.6 Å². The molecular formula is C40H34N8. The van der Waals surface area contributed by atoms with Crippen molar-refractivity contribution in [3.05, 3.63) is 95.1 Å². The maximum atomic E-state index is 5.29. The van der Waals surface area contributed by atoms with E-state index in [1.165, 1.54) is 22.3 Å². The van der Waals surface area contributed by atoms with Crippen LogP contribution in [0.15, 0.2) is 72.8 Å². The van der Waals surface area contributed by atoms with Crippen LogP contribution in [0.2, 0.25) is 0 Å². The monoisotopic (exact) mass is 626 g/mol. The second-order valence-corrected chi connectivity index (χ2v) is 12.4. The van der Waals surface area contributed by atoms with E-state index >= 15 is 0 Å². The van der Waals surface area contributed by atoms with Crippen LogP contribution >= 0.6 is 0 Å². The van der Waals surface area contributed by atoms with Gasteiger partial charge in [-0.05, 0) is 47.9 Å². The number of aryl methyl sites for hydroxylation is 4. The third-order valence-corrected chi connectivity index (χ3v) is 9.81. The summed E-state index contributed by atoms with van der Waals surface area (Å²) in [5, 5.41) is 4.10. The molecule has 0 fully saturated rings. The lowest BCUT2D eigenvalue weighted by atomic mass is 10.00. The van der Waals surface area contributed by atoms with Gasteiger partial charge in [-0.15, -0.1) is 0 Å². The number of aromatic nitrogens is 8. The van der Waals surface area contributed by atoms with Crippen molar-refractivity contribution in [1.82, 2.24) is 39.9 Å². The van der Waals surface area contributed by atoms with E-state index in [1.807, 2.05) is 0 Å². The standard InChI is InChI=1S/C40H34N8/c1-5-21-13-9-17-25-29(21)37-42-33(25)41-34-26-18-10-15-23(7-3)31(26)39(43-34)48-40-32-24(8-4)16-12-20-28(32)36(47-40)46-38-30-22(6-2)14-11-19-27(30)35(44-37)45-38/h9-20H,5-8H2,1-4H3,(H2,41,42,43,44,45,46,47,48). The summed E-state index contributed by atoms with van der Waals surface area (Å²) in [6.07, 6.45) is 3.41. The summed E-state index contributed by atoms with van der Waals surface area (Å²) in [5.74, 6) is 2.56. The van der Waals surface area contributed by atoms with E-state index in [1.54, 1.807) is 0 Å². The summed E-state index contributed by atoms with van der Waals surface area (Å²) in [4.78, 5) is 38.5. The number of nitrogens with one attached hydrogen (secondary N) is 2. The Balaban J connectivity index is 1.53. The predicted octanol–water partition coefficient (Wildman–Crippen LogP) is 9.12. The molecule has 4 aromatic carbocycles. The number of hydrogen-bond donors (Lipinski definition) is 2. The summed E-state index contributed by atoms with van der Waals surface area (Å²) in [5.41, 5.74) is 11.7. The second-order valence-electron chi connectivity index (χ2n) is 12.4. The van der Waals surface area contributed by atoms with Gasteiger partial charge in [0.15, 0.2) is 23.3 Å². The SMILES string of the molecule is CCc1cccc2c1-c1nc-2nc2[nH]c(nc3nc(nc4[nH]c(n1)c1cccc(CC)c41)-c1cccc(CC)c1-3)c1c(CC)cccc21. The lowest BCUT2D eigenvalue weighted by Crippen LogP contribution is -1.90. The Morgan fingerprint density at radius 2 is 0.771 bits per heavy atom. The van der Waals surface area contributed by atoms with Gasteiger partial charge in [0.05, 0.1) is 0 Å². The van der Waals surface area contributed by atoms with Gasteiger partial charge in [0.2, 0.25) is 0 Å². The second kappa shape index (κ2) is 10.9. The van der Waals surface area contributed by atoms with Crippen LogP contribution in [0, 0.1) is 0 Å². The number of benzene rings is 4. The summed E-state index contributed by atoms with van der Waals surface area (Å²) in [6, 6.07) is 25.4. The fraction of sp³-hybridized carbons (Fsp3) is 0.200. The molecule has 0 aliphatic carbocycles. The molecule has 0 saturated heterocycles. The molecule has 3 aromatic heterocycles. The fourth-order valence-corrected chi connectivity index (χ4v) is 7.45. The van der Waals surface area contributed by atoms with Crippen molar-refractivity contribution < 1.29 is 0 Å². The predicted molar refractivity (Wildman–Crippen MR) is 194 cm³/mol. The van der Waals surface area contributed by atoms with Gasteiger partial charge in [0, 0.05) is 43.8 Å². The highest BCUT2D eigenvalue weighted by atomic mass is 15.1. The van der Waals surface area contributed by atoms with Crippen LogP contribution < -0.4 is 0 Å². The van der Waals surface area contributed by atoms with Crippen molar-refractivity contribution in [2.24, 2.45) is 0 Å². The van der Waals surface area contributed by atoms with Crippen molar-refractivity contribution in [2.75, 3.05) is 0 Å². The van der Waals surface area contributed by atoms with E-state index in [0.29, 0.717) is 23.3 Å². The Labute approximate surface area is 277 Å². The van der Waals surface area contributed by atoms with E-state index in [4.69, 9.17) is 29.9 Å².